The van der Waals surface area contributed by atoms with Crippen molar-refractivity contribution in [1.29, 1.82) is 0 Å². The number of halogens is 2. The van der Waals surface area contributed by atoms with Gasteiger partial charge in [-0.1, -0.05) is 42.1 Å². The summed E-state index contributed by atoms with van der Waals surface area (Å²) in [5.41, 5.74) is 0.619. The van der Waals surface area contributed by atoms with Crippen LogP contribution in [0, 0.1) is 0 Å². The Kier molecular flexibility index (Phi) is 5.13. The Morgan fingerprint density at radius 2 is 1.95 bits per heavy atom. The van der Waals surface area contributed by atoms with Gasteiger partial charge in [-0.05, 0) is 37.5 Å². The second kappa shape index (κ2) is 6.45. The summed E-state index contributed by atoms with van der Waals surface area (Å²) in [6.07, 6.45) is 4.17. The molecule has 106 valence electrons. The molecular weight excluding hydrogens is 283 g/mol. The minimum absolute atomic E-state index is 0.374. The van der Waals surface area contributed by atoms with Gasteiger partial charge in [-0.2, -0.15) is 0 Å². The van der Waals surface area contributed by atoms with E-state index in [2.05, 4.69) is 0 Å². The molecule has 1 aromatic carbocycles. The summed E-state index contributed by atoms with van der Waals surface area (Å²) in [4.78, 5) is 0. The van der Waals surface area contributed by atoms with Crippen LogP contribution in [0.4, 0.5) is 0 Å². The quantitative estimate of drug-likeness (QED) is 0.881. The van der Waals surface area contributed by atoms with Crippen molar-refractivity contribution in [1.82, 2.24) is 0 Å². The number of rotatable bonds is 5. The van der Waals surface area contributed by atoms with Gasteiger partial charge in [-0.3, -0.25) is 0 Å². The number of hydrogen-bond donors (Lipinski definition) is 1. The van der Waals surface area contributed by atoms with Gasteiger partial charge in [0.1, 0.15) is 0 Å². The van der Waals surface area contributed by atoms with E-state index in [9.17, 15) is 5.11 Å². The van der Waals surface area contributed by atoms with Crippen molar-refractivity contribution in [2.75, 3.05) is 6.61 Å². The molecule has 0 heterocycles. The van der Waals surface area contributed by atoms with Crippen LogP contribution in [0.5, 0.6) is 0 Å². The molecule has 2 nitrogen and oxygen atoms in total. The number of aliphatic hydroxyl groups excluding tert-OH is 1. The Morgan fingerprint density at radius 1 is 1.26 bits per heavy atom. The van der Waals surface area contributed by atoms with Gasteiger partial charge in [0.15, 0.2) is 0 Å². The topological polar surface area (TPSA) is 29.5 Å². The molecule has 0 saturated heterocycles. The maximum atomic E-state index is 10.5. The fraction of sp³-hybridized carbons (Fsp3) is 0.600. The van der Waals surface area contributed by atoms with Crippen LogP contribution < -0.4 is 0 Å². The highest BCUT2D eigenvalue weighted by Gasteiger charge is 2.41. The average Bonchev–Trinajstić information content (AvgIpc) is 2.84. The van der Waals surface area contributed by atoms with Crippen LogP contribution in [0.25, 0.3) is 0 Å². The van der Waals surface area contributed by atoms with Gasteiger partial charge in [0, 0.05) is 13.0 Å². The van der Waals surface area contributed by atoms with Gasteiger partial charge < -0.3 is 9.84 Å². The maximum absolute atomic E-state index is 10.5. The first-order valence-corrected chi connectivity index (χ1v) is 7.59. The molecule has 1 aromatic rings. The van der Waals surface area contributed by atoms with Gasteiger partial charge in [-0.15, -0.1) is 0 Å². The SMILES string of the molecule is CCOC1(C(O)Cc2ccc(Cl)c(Cl)c2)CCCC1. The Balaban J connectivity index is 2.10. The molecule has 1 saturated carbocycles. The summed E-state index contributed by atoms with van der Waals surface area (Å²) in [5.74, 6) is 0. The molecule has 4 heteroatoms. The molecule has 0 radical (unpaired) electrons. The molecule has 0 aromatic heterocycles. The van der Waals surface area contributed by atoms with Crippen LogP contribution in [0.15, 0.2) is 18.2 Å². The zero-order valence-electron chi connectivity index (χ0n) is 11.2. The van der Waals surface area contributed by atoms with E-state index in [0.717, 1.165) is 31.2 Å². The Hall–Kier alpha value is -0.280. The summed E-state index contributed by atoms with van der Waals surface area (Å²) in [5, 5.41) is 11.6. The van der Waals surface area contributed by atoms with Gasteiger partial charge in [0.25, 0.3) is 0 Å². The van der Waals surface area contributed by atoms with Gasteiger partial charge in [-0.25, -0.2) is 0 Å². The van der Waals surface area contributed by atoms with E-state index < -0.39 is 6.10 Å². The van der Waals surface area contributed by atoms with Crippen LogP contribution in [-0.4, -0.2) is 23.4 Å². The van der Waals surface area contributed by atoms with Crippen molar-refractivity contribution >= 4 is 23.2 Å². The van der Waals surface area contributed by atoms with Gasteiger partial charge in [0.2, 0.25) is 0 Å². The second-order valence-electron chi connectivity index (χ2n) is 5.17. The van der Waals surface area contributed by atoms with Gasteiger partial charge in [0.05, 0.1) is 21.8 Å². The number of benzene rings is 1. The smallest absolute Gasteiger partial charge is 0.0943 e. The molecule has 2 rings (SSSR count). The van der Waals surface area contributed by atoms with E-state index in [1.54, 1.807) is 6.07 Å². The number of hydrogen-bond acceptors (Lipinski definition) is 2. The first-order chi connectivity index (χ1) is 9.07. The molecule has 1 aliphatic rings. The summed E-state index contributed by atoms with van der Waals surface area (Å²) in [7, 11) is 0. The molecule has 19 heavy (non-hydrogen) atoms. The second-order valence-corrected chi connectivity index (χ2v) is 5.99. The van der Waals surface area contributed by atoms with E-state index in [1.807, 2.05) is 19.1 Å². The first-order valence-electron chi connectivity index (χ1n) is 6.83. The molecular formula is C15H20Cl2O2. The van der Waals surface area contributed by atoms with Crippen molar-refractivity contribution in [2.24, 2.45) is 0 Å². The molecule has 1 N–H and O–H groups in total. The zero-order valence-corrected chi connectivity index (χ0v) is 12.7. The normalized spacial score (nSPS) is 19.6. The molecule has 1 aliphatic carbocycles. The van der Waals surface area contributed by atoms with E-state index >= 15 is 0 Å². The fourth-order valence-electron chi connectivity index (χ4n) is 2.91. The summed E-state index contributed by atoms with van der Waals surface area (Å²) in [6.45, 7) is 2.62. The molecule has 0 amide bonds. The largest absolute Gasteiger partial charge is 0.390 e. The fourth-order valence-corrected chi connectivity index (χ4v) is 3.23. The van der Waals surface area contributed by atoms with Crippen LogP contribution in [-0.2, 0) is 11.2 Å². The van der Waals surface area contributed by atoms with Crippen molar-refractivity contribution in [2.45, 2.75) is 50.7 Å². The standard InChI is InChI=1S/C15H20Cl2O2/c1-2-19-15(7-3-4-8-15)14(18)10-11-5-6-12(16)13(17)9-11/h5-6,9,14,18H,2-4,7-8,10H2,1H3. The third kappa shape index (κ3) is 3.43. The van der Waals surface area contributed by atoms with E-state index in [-0.39, 0.29) is 5.60 Å². The van der Waals surface area contributed by atoms with Crippen molar-refractivity contribution in [3.8, 4) is 0 Å². The zero-order chi connectivity index (χ0) is 13.9. The lowest BCUT2D eigenvalue weighted by molar-refractivity contribution is -0.115. The third-order valence-corrected chi connectivity index (χ3v) is 4.64. The Morgan fingerprint density at radius 3 is 2.53 bits per heavy atom. The van der Waals surface area contributed by atoms with Crippen LogP contribution in [0.2, 0.25) is 10.0 Å². The Bertz CT molecular complexity index is 428. The monoisotopic (exact) mass is 302 g/mol. The summed E-state index contributed by atoms with van der Waals surface area (Å²) < 4.78 is 5.87. The van der Waals surface area contributed by atoms with E-state index in [4.69, 9.17) is 27.9 Å². The van der Waals surface area contributed by atoms with Crippen LogP contribution in [0.3, 0.4) is 0 Å². The third-order valence-electron chi connectivity index (χ3n) is 3.90. The lowest BCUT2D eigenvalue weighted by Crippen LogP contribution is -2.43. The van der Waals surface area contributed by atoms with Crippen molar-refractivity contribution < 1.29 is 9.84 Å². The number of aliphatic hydroxyl groups is 1. The van der Waals surface area contributed by atoms with Gasteiger partial charge >= 0.3 is 0 Å². The van der Waals surface area contributed by atoms with Crippen molar-refractivity contribution in [3.63, 3.8) is 0 Å². The van der Waals surface area contributed by atoms with E-state index in [0.29, 0.717) is 23.1 Å². The summed E-state index contributed by atoms with van der Waals surface area (Å²) in [6, 6.07) is 5.50. The molecule has 0 aliphatic heterocycles. The summed E-state index contributed by atoms with van der Waals surface area (Å²) >= 11 is 11.9. The molecule has 0 bridgehead atoms. The predicted octanol–water partition coefficient (Wildman–Crippen LogP) is 4.25. The minimum atomic E-state index is -0.493. The predicted molar refractivity (Wildman–Crippen MR) is 79.0 cm³/mol. The molecule has 1 atom stereocenters. The average molecular weight is 303 g/mol. The lowest BCUT2D eigenvalue weighted by Gasteiger charge is -2.34. The van der Waals surface area contributed by atoms with Crippen LogP contribution in [0.1, 0.15) is 38.2 Å². The van der Waals surface area contributed by atoms with Crippen molar-refractivity contribution in [3.05, 3.63) is 33.8 Å². The first kappa shape index (κ1) is 15.1. The molecule has 1 fully saturated rings. The molecule has 1 unspecified atom stereocenters. The highest BCUT2D eigenvalue weighted by Crippen LogP contribution is 2.37. The Labute approximate surface area is 124 Å². The molecule has 0 spiro atoms. The number of ether oxygens (including phenoxy) is 1. The highest BCUT2D eigenvalue weighted by atomic mass is 35.5. The van der Waals surface area contributed by atoms with Crippen LogP contribution >= 0.6 is 23.2 Å². The minimum Gasteiger partial charge on any atom is -0.390 e. The van der Waals surface area contributed by atoms with E-state index in [1.165, 1.54) is 0 Å². The lowest BCUT2D eigenvalue weighted by atomic mass is 9.89. The maximum Gasteiger partial charge on any atom is 0.0943 e. The highest BCUT2D eigenvalue weighted by molar-refractivity contribution is 6.42.